The van der Waals surface area contributed by atoms with E-state index in [-0.39, 0.29) is 5.91 Å². The second kappa shape index (κ2) is 9.45. The number of benzene rings is 2. The number of para-hydroxylation sites is 2. The molecule has 0 heterocycles. The molecule has 1 N–H and O–H groups in total. The van der Waals surface area contributed by atoms with Gasteiger partial charge in [0.1, 0.15) is 0 Å². The monoisotopic (exact) mass is 365 g/mol. The van der Waals surface area contributed by atoms with Crippen molar-refractivity contribution >= 4 is 29.3 Å². The van der Waals surface area contributed by atoms with Crippen LogP contribution in [0.4, 0.5) is 0 Å². The summed E-state index contributed by atoms with van der Waals surface area (Å²) in [5.41, 5.74) is 0. The molecule has 128 valence electrons. The van der Waals surface area contributed by atoms with Crippen LogP contribution in [0.2, 0.25) is 5.02 Å². The van der Waals surface area contributed by atoms with E-state index in [1.807, 2.05) is 36.4 Å². The summed E-state index contributed by atoms with van der Waals surface area (Å²) in [6.45, 7) is 2.28. The van der Waals surface area contributed by atoms with Crippen LogP contribution in [-0.2, 0) is 4.79 Å². The van der Waals surface area contributed by atoms with Gasteiger partial charge in [-0.3, -0.25) is 4.79 Å². The van der Waals surface area contributed by atoms with Crippen LogP contribution in [0.25, 0.3) is 0 Å². The van der Waals surface area contributed by atoms with Gasteiger partial charge in [0.05, 0.1) is 7.11 Å². The minimum atomic E-state index is -0.596. The number of nitrogens with one attached hydrogen (secondary N) is 1. The zero-order valence-electron chi connectivity index (χ0n) is 13.6. The number of ether oxygens (including phenoxy) is 2. The molecule has 0 saturated heterocycles. The predicted octanol–water partition coefficient (Wildman–Crippen LogP) is 4.02. The number of thioether (sulfide) groups is 1. The third kappa shape index (κ3) is 5.65. The first-order chi connectivity index (χ1) is 11.6. The molecule has 0 unspecified atom stereocenters. The molecule has 2 aromatic rings. The lowest BCUT2D eigenvalue weighted by Crippen LogP contribution is -2.37. The highest BCUT2D eigenvalue weighted by Crippen LogP contribution is 2.26. The number of methoxy groups -OCH3 is 1. The van der Waals surface area contributed by atoms with E-state index >= 15 is 0 Å². The Bertz CT molecular complexity index is 664. The summed E-state index contributed by atoms with van der Waals surface area (Å²) in [6.07, 6.45) is -0.596. The third-order valence-corrected chi connectivity index (χ3v) is 4.49. The van der Waals surface area contributed by atoms with E-state index in [9.17, 15) is 4.79 Å². The van der Waals surface area contributed by atoms with E-state index in [2.05, 4.69) is 5.32 Å². The van der Waals surface area contributed by atoms with Gasteiger partial charge in [-0.05, 0) is 43.3 Å². The summed E-state index contributed by atoms with van der Waals surface area (Å²) >= 11 is 7.51. The predicted molar refractivity (Wildman–Crippen MR) is 98.3 cm³/mol. The second-order valence-corrected chi connectivity index (χ2v) is 6.61. The van der Waals surface area contributed by atoms with Gasteiger partial charge < -0.3 is 14.8 Å². The van der Waals surface area contributed by atoms with Gasteiger partial charge in [0.15, 0.2) is 17.6 Å². The first-order valence-electron chi connectivity index (χ1n) is 7.56. The SMILES string of the molecule is COc1ccccc1O[C@@H](C)C(=O)NCCSc1ccc(Cl)cc1. The lowest BCUT2D eigenvalue weighted by atomic mass is 10.3. The van der Waals surface area contributed by atoms with E-state index in [4.69, 9.17) is 21.1 Å². The maximum atomic E-state index is 12.1. The summed E-state index contributed by atoms with van der Waals surface area (Å²) in [5.74, 6) is 1.78. The molecule has 24 heavy (non-hydrogen) atoms. The van der Waals surface area contributed by atoms with Crippen molar-refractivity contribution in [3.63, 3.8) is 0 Å². The number of hydrogen-bond donors (Lipinski definition) is 1. The Hall–Kier alpha value is -1.85. The number of amides is 1. The van der Waals surface area contributed by atoms with E-state index in [0.717, 1.165) is 15.7 Å². The lowest BCUT2D eigenvalue weighted by molar-refractivity contribution is -0.127. The smallest absolute Gasteiger partial charge is 0.260 e. The molecule has 0 aliphatic carbocycles. The quantitative estimate of drug-likeness (QED) is 0.567. The third-order valence-electron chi connectivity index (χ3n) is 3.23. The van der Waals surface area contributed by atoms with Crippen LogP contribution in [0.1, 0.15) is 6.92 Å². The van der Waals surface area contributed by atoms with Crippen LogP contribution in [0.3, 0.4) is 0 Å². The fourth-order valence-corrected chi connectivity index (χ4v) is 2.87. The van der Waals surface area contributed by atoms with Crippen molar-refractivity contribution in [2.75, 3.05) is 19.4 Å². The van der Waals surface area contributed by atoms with E-state index in [0.29, 0.717) is 18.0 Å². The van der Waals surface area contributed by atoms with Crippen LogP contribution in [0, 0.1) is 0 Å². The summed E-state index contributed by atoms with van der Waals surface area (Å²) < 4.78 is 10.9. The van der Waals surface area contributed by atoms with Crippen molar-refractivity contribution in [3.05, 3.63) is 53.6 Å². The van der Waals surface area contributed by atoms with Gasteiger partial charge in [-0.2, -0.15) is 0 Å². The standard InChI is InChI=1S/C18H20ClNO3S/c1-13(23-17-6-4-3-5-16(17)22-2)18(21)20-11-12-24-15-9-7-14(19)8-10-15/h3-10,13H,11-12H2,1-2H3,(H,20,21)/t13-/m0/s1. The maximum Gasteiger partial charge on any atom is 0.260 e. The zero-order chi connectivity index (χ0) is 17.4. The molecule has 2 rings (SSSR count). The molecular formula is C18H20ClNO3S. The molecule has 0 aromatic heterocycles. The molecule has 1 atom stereocenters. The average Bonchev–Trinajstić information content (AvgIpc) is 2.60. The fourth-order valence-electron chi connectivity index (χ4n) is 1.98. The highest BCUT2D eigenvalue weighted by molar-refractivity contribution is 7.99. The average molecular weight is 366 g/mol. The Kier molecular flexibility index (Phi) is 7.28. The van der Waals surface area contributed by atoms with Crippen LogP contribution < -0.4 is 14.8 Å². The van der Waals surface area contributed by atoms with Gasteiger partial charge in [0, 0.05) is 22.2 Å². The molecule has 2 aromatic carbocycles. The molecule has 0 radical (unpaired) electrons. The van der Waals surface area contributed by atoms with Crippen molar-refractivity contribution in [2.24, 2.45) is 0 Å². The normalized spacial score (nSPS) is 11.6. The Morgan fingerprint density at radius 3 is 2.50 bits per heavy atom. The Morgan fingerprint density at radius 2 is 1.83 bits per heavy atom. The molecule has 0 saturated carbocycles. The van der Waals surface area contributed by atoms with Crippen LogP contribution in [0.15, 0.2) is 53.4 Å². The minimum Gasteiger partial charge on any atom is -0.493 e. The van der Waals surface area contributed by atoms with Gasteiger partial charge in [-0.25, -0.2) is 0 Å². The summed E-state index contributed by atoms with van der Waals surface area (Å²) in [5, 5.41) is 3.59. The topological polar surface area (TPSA) is 47.6 Å². The highest BCUT2D eigenvalue weighted by Gasteiger charge is 2.16. The van der Waals surface area contributed by atoms with Crippen LogP contribution in [0.5, 0.6) is 11.5 Å². The molecule has 0 aliphatic rings. The summed E-state index contributed by atoms with van der Waals surface area (Å²) in [7, 11) is 1.57. The Morgan fingerprint density at radius 1 is 1.17 bits per heavy atom. The van der Waals surface area contributed by atoms with Gasteiger partial charge in [0.2, 0.25) is 0 Å². The van der Waals surface area contributed by atoms with E-state index in [1.165, 1.54) is 0 Å². The first-order valence-corrected chi connectivity index (χ1v) is 8.92. The number of carbonyl (C=O) groups excluding carboxylic acids is 1. The summed E-state index contributed by atoms with van der Waals surface area (Å²) in [4.78, 5) is 13.2. The Balaban J connectivity index is 1.74. The van der Waals surface area contributed by atoms with Crippen LogP contribution in [-0.4, -0.2) is 31.4 Å². The van der Waals surface area contributed by atoms with Crippen LogP contribution >= 0.6 is 23.4 Å². The molecule has 0 spiro atoms. The van der Waals surface area contributed by atoms with E-state index in [1.54, 1.807) is 37.9 Å². The van der Waals surface area contributed by atoms with Gasteiger partial charge >= 0.3 is 0 Å². The largest absolute Gasteiger partial charge is 0.493 e. The van der Waals surface area contributed by atoms with Crippen molar-refractivity contribution in [2.45, 2.75) is 17.9 Å². The van der Waals surface area contributed by atoms with Gasteiger partial charge in [0.25, 0.3) is 5.91 Å². The summed E-state index contributed by atoms with van der Waals surface area (Å²) in [6, 6.07) is 14.9. The fraction of sp³-hybridized carbons (Fsp3) is 0.278. The molecule has 0 bridgehead atoms. The molecule has 0 aliphatic heterocycles. The van der Waals surface area contributed by atoms with Crippen molar-refractivity contribution in [1.82, 2.24) is 5.32 Å². The molecule has 1 amide bonds. The number of carbonyl (C=O) groups is 1. The first kappa shape index (κ1) is 18.5. The Labute approximate surface area is 151 Å². The maximum absolute atomic E-state index is 12.1. The minimum absolute atomic E-state index is 0.155. The van der Waals surface area contributed by atoms with Gasteiger partial charge in [-0.1, -0.05) is 23.7 Å². The highest BCUT2D eigenvalue weighted by atomic mass is 35.5. The number of hydrogen-bond acceptors (Lipinski definition) is 4. The van der Waals surface area contributed by atoms with Gasteiger partial charge in [-0.15, -0.1) is 11.8 Å². The number of halogens is 1. The van der Waals surface area contributed by atoms with Crippen molar-refractivity contribution in [3.8, 4) is 11.5 Å². The zero-order valence-corrected chi connectivity index (χ0v) is 15.2. The van der Waals surface area contributed by atoms with Crippen molar-refractivity contribution in [1.29, 1.82) is 0 Å². The lowest BCUT2D eigenvalue weighted by Gasteiger charge is -2.16. The second-order valence-electron chi connectivity index (χ2n) is 5.00. The molecular weight excluding hydrogens is 346 g/mol. The van der Waals surface area contributed by atoms with Crippen molar-refractivity contribution < 1.29 is 14.3 Å². The van der Waals surface area contributed by atoms with E-state index < -0.39 is 6.10 Å². The number of rotatable bonds is 8. The molecule has 6 heteroatoms. The molecule has 0 fully saturated rings. The molecule has 4 nitrogen and oxygen atoms in total.